The lowest BCUT2D eigenvalue weighted by molar-refractivity contribution is -0.385. The van der Waals surface area contributed by atoms with Gasteiger partial charge in [0.1, 0.15) is 11.6 Å². The van der Waals surface area contributed by atoms with Gasteiger partial charge >= 0.3 is 0 Å². The Morgan fingerprint density at radius 2 is 2.00 bits per heavy atom. The van der Waals surface area contributed by atoms with Crippen LogP contribution in [0.15, 0.2) is 36.4 Å². The van der Waals surface area contributed by atoms with Crippen LogP contribution in [0.5, 0.6) is 5.75 Å². The fraction of sp³-hybridized carbons (Fsp3) is 0.0714. The number of nitrogens with zero attached hydrogens (tertiary/aromatic N) is 1. The average Bonchev–Trinajstić information content (AvgIpc) is 2.42. The smallest absolute Gasteiger partial charge is 0.273 e. The second-order valence-electron chi connectivity index (χ2n) is 4.41. The summed E-state index contributed by atoms with van der Waals surface area (Å²) in [5.41, 5.74) is 0.287. The number of nitrogens with one attached hydrogen (secondary N) is 1. The Hall–Kier alpha value is -2.96. The van der Waals surface area contributed by atoms with Gasteiger partial charge in [0.2, 0.25) is 0 Å². The monoisotopic (exact) mass is 290 g/mol. The van der Waals surface area contributed by atoms with Crippen LogP contribution >= 0.6 is 0 Å². The second-order valence-corrected chi connectivity index (χ2v) is 4.41. The SMILES string of the molecule is Cc1cc(NC(=O)c2cc(F)cc([N+](=O)[O-])c2)ccc1O. The number of nitro benzene ring substituents is 1. The molecule has 0 aliphatic heterocycles. The van der Waals surface area contributed by atoms with Crippen LogP contribution in [0.4, 0.5) is 15.8 Å². The molecule has 108 valence electrons. The molecule has 21 heavy (non-hydrogen) atoms. The molecule has 7 heteroatoms. The van der Waals surface area contributed by atoms with Gasteiger partial charge in [-0.2, -0.15) is 0 Å². The van der Waals surface area contributed by atoms with E-state index in [1.54, 1.807) is 6.92 Å². The molecule has 6 nitrogen and oxygen atoms in total. The predicted molar refractivity (Wildman–Crippen MR) is 73.9 cm³/mol. The standard InChI is InChI=1S/C14H11FN2O4/c1-8-4-11(2-3-13(8)18)16-14(19)9-5-10(15)7-12(6-9)17(20)21/h2-7,18H,1H3,(H,16,19). The minimum absolute atomic E-state index is 0.0781. The highest BCUT2D eigenvalue weighted by molar-refractivity contribution is 6.04. The number of carbonyl (C=O) groups excluding carboxylic acids is 1. The number of halogens is 1. The molecule has 0 atom stereocenters. The second kappa shape index (κ2) is 5.58. The maximum atomic E-state index is 13.3. The Labute approximate surface area is 119 Å². The van der Waals surface area contributed by atoms with Crippen molar-refractivity contribution in [2.45, 2.75) is 6.92 Å². The number of phenolic OH excluding ortho intramolecular Hbond substituents is 1. The van der Waals surface area contributed by atoms with Crippen LogP contribution in [0.25, 0.3) is 0 Å². The summed E-state index contributed by atoms with van der Waals surface area (Å²) < 4.78 is 13.3. The van der Waals surface area contributed by atoms with Crippen LogP contribution in [0.1, 0.15) is 15.9 Å². The van der Waals surface area contributed by atoms with Crippen LogP contribution in [0.3, 0.4) is 0 Å². The Kier molecular flexibility index (Phi) is 3.84. The molecule has 2 rings (SSSR count). The highest BCUT2D eigenvalue weighted by atomic mass is 19.1. The number of non-ortho nitro benzene ring substituents is 1. The number of anilines is 1. The number of carbonyl (C=O) groups is 1. The lowest BCUT2D eigenvalue weighted by Crippen LogP contribution is -2.12. The zero-order chi connectivity index (χ0) is 15.6. The Balaban J connectivity index is 2.27. The first-order valence-electron chi connectivity index (χ1n) is 5.93. The first kappa shape index (κ1) is 14.4. The maximum absolute atomic E-state index is 13.3. The molecule has 2 aromatic carbocycles. The average molecular weight is 290 g/mol. The number of rotatable bonds is 3. The van der Waals surface area contributed by atoms with Gasteiger partial charge in [-0.1, -0.05) is 0 Å². The lowest BCUT2D eigenvalue weighted by atomic mass is 10.1. The van der Waals surface area contributed by atoms with E-state index in [9.17, 15) is 24.4 Å². The number of phenols is 1. The number of benzene rings is 2. The molecule has 0 fully saturated rings. The summed E-state index contributed by atoms with van der Waals surface area (Å²) >= 11 is 0. The molecule has 0 saturated heterocycles. The Morgan fingerprint density at radius 3 is 2.62 bits per heavy atom. The summed E-state index contributed by atoms with van der Waals surface area (Å²) in [6.07, 6.45) is 0. The van der Waals surface area contributed by atoms with Crippen molar-refractivity contribution in [1.29, 1.82) is 0 Å². The molecule has 0 unspecified atom stereocenters. The summed E-state index contributed by atoms with van der Waals surface area (Å²) in [6.45, 7) is 1.65. The fourth-order valence-electron chi connectivity index (χ4n) is 1.75. The molecule has 0 bridgehead atoms. The minimum Gasteiger partial charge on any atom is -0.508 e. The van der Waals surface area contributed by atoms with Crippen molar-refractivity contribution >= 4 is 17.3 Å². The van der Waals surface area contributed by atoms with Crippen molar-refractivity contribution < 1.29 is 19.2 Å². The number of aryl methyl sites for hydroxylation is 1. The molecular formula is C14H11FN2O4. The van der Waals surface area contributed by atoms with Crippen molar-refractivity contribution in [3.05, 3.63) is 63.5 Å². The number of hydrogen-bond donors (Lipinski definition) is 2. The first-order chi connectivity index (χ1) is 9.86. The number of amides is 1. The van der Waals surface area contributed by atoms with E-state index >= 15 is 0 Å². The zero-order valence-electron chi connectivity index (χ0n) is 11.0. The van der Waals surface area contributed by atoms with Crippen LogP contribution in [-0.2, 0) is 0 Å². The topological polar surface area (TPSA) is 92.5 Å². The van der Waals surface area contributed by atoms with Crippen LogP contribution in [0.2, 0.25) is 0 Å². The number of aromatic hydroxyl groups is 1. The molecule has 0 saturated carbocycles. The van der Waals surface area contributed by atoms with E-state index in [0.29, 0.717) is 11.3 Å². The van der Waals surface area contributed by atoms with Crippen molar-refractivity contribution in [3.63, 3.8) is 0 Å². The summed E-state index contributed by atoms with van der Waals surface area (Å²) in [6, 6.07) is 7.04. The maximum Gasteiger partial charge on any atom is 0.273 e. The molecule has 0 aliphatic carbocycles. The van der Waals surface area contributed by atoms with Crippen molar-refractivity contribution in [3.8, 4) is 5.75 Å². The van der Waals surface area contributed by atoms with E-state index in [0.717, 1.165) is 18.2 Å². The van der Waals surface area contributed by atoms with E-state index < -0.39 is 22.3 Å². The molecule has 2 N–H and O–H groups in total. The lowest BCUT2D eigenvalue weighted by Gasteiger charge is -2.07. The third kappa shape index (κ3) is 3.33. The first-order valence-corrected chi connectivity index (χ1v) is 5.93. The molecule has 0 spiro atoms. The van der Waals surface area contributed by atoms with E-state index in [2.05, 4.69) is 5.32 Å². The molecule has 2 aromatic rings. The summed E-state index contributed by atoms with van der Waals surface area (Å²) in [5, 5.41) is 22.5. The van der Waals surface area contributed by atoms with E-state index in [1.807, 2.05) is 0 Å². The van der Waals surface area contributed by atoms with Gasteiger partial charge in [-0.05, 0) is 36.8 Å². The van der Waals surface area contributed by atoms with Crippen molar-refractivity contribution in [2.75, 3.05) is 5.32 Å². The third-order valence-corrected chi connectivity index (χ3v) is 2.81. The zero-order valence-corrected chi connectivity index (χ0v) is 11.0. The molecule has 1 amide bonds. The van der Waals surface area contributed by atoms with Crippen LogP contribution < -0.4 is 5.32 Å². The molecular weight excluding hydrogens is 279 g/mol. The summed E-state index contributed by atoms with van der Waals surface area (Å²) in [4.78, 5) is 21.8. The molecule has 0 heterocycles. The van der Waals surface area contributed by atoms with Gasteiger partial charge in [0.25, 0.3) is 11.6 Å². The van der Waals surface area contributed by atoms with E-state index in [-0.39, 0.29) is 11.3 Å². The van der Waals surface area contributed by atoms with Gasteiger partial charge in [0.05, 0.1) is 11.0 Å². The Bertz CT molecular complexity index is 731. The summed E-state index contributed by atoms with van der Waals surface area (Å²) in [5.74, 6) is -1.46. The number of hydrogen-bond acceptors (Lipinski definition) is 4. The molecule has 0 aromatic heterocycles. The predicted octanol–water partition coefficient (Wildman–Crippen LogP) is 3.00. The van der Waals surface area contributed by atoms with Gasteiger partial charge < -0.3 is 10.4 Å². The van der Waals surface area contributed by atoms with Gasteiger partial charge in [0.15, 0.2) is 0 Å². The van der Waals surface area contributed by atoms with Gasteiger partial charge in [-0.25, -0.2) is 4.39 Å². The molecule has 0 radical (unpaired) electrons. The largest absolute Gasteiger partial charge is 0.508 e. The normalized spacial score (nSPS) is 10.2. The highest BCUT2D eigenvalue weighted by Gasteiger charge is 2.15. The highest BCUT2D eigenvalue weighted by Crippen LogP contribution is 2.22. The van der Waals surface area contributed by atoms with Crippen LogP contribution in [0, 0.1) is 22.9 Å². The van der Waals surface area contributed by atoms with Gasteiger partial charge in [-0.15, -0.1) is 0 Å². The summed E-state index contributed by atoms with van der Waals surface area (Å²) in [7, 11) is 0. The van der Waals surface area contributed by atoms with E-state index in [4.69, 9.17) is 0 Å². The quantitative estimate of drug-likeness (QED) is 0.516. The van der Waals surface area contributed by atoms with Crippen molar-refractivity contribution in [2.24, 2.45) is 0 Å². The van der Waals surface area contributed by atoms with E-state index in [1.165, 1.54) is 18.2 Å². The van der Waals surface area contributed by atoms with Gasteiger partial charge in [0, 0.05) is 17.3 Å². The van der Waals surface area contributed by atoms with Crippen LogP contribution in [-0.4, -0.2) is 15.9 Å². The Morgan fingerprint density at radius 1 is 1.29 bits per heavy atom. The third-order valence-electron chi connectivity index (χ3n) is 2.81. The molecule has 0 aliphatic rings. The number of nitro groups is 1. The fourth-order valence-corrected chi connectivity index (χ4v) is 1.75. The minimum atomic E-state index is -0.865. The van der Waals surface area contributed by atoms with Crippen molar-refractivity contribution in [1.82, 2.24) is 0 Å². The van der Waals surface area contributed by atoms with Gasteiger partial charge in [-0.3, -0.25) is 14.9 Å².